The first-order valence-electron chi connectivity index (χ1n) is 2.84. The smallest absolute Gasteiger partial charge is 0.294 e. The summed E-state index contributed by atoms with van der Waals surface area (Å²) in [5.74, 6) is 1.68. The molecule has 0 bridgehead atoms. The van der Waals surface area contributed by atoms with Gasteiger partial charge in [0.25, 0.3) is 5.09 Å². The standard InChI is InChI=1S/C4H7NO3S2/c6-5(7)8-4-1-2-9-10-3-4/h4H,1-3H2. The van der Waals surface area contributed by atoms with Crippen LogP contribution in [0.3, 0.4) is 0 Å². The molecular weight excluding hydrogens is 174 g/mol. The second-order valence-electron chi connectivity index (χ2n) is 1.85. The fourth-order valence-electron chi connectivity index (χ4n) is 0.651. The Morgan fingerprint density at radius 2 is 2.40 bits per heavy atom. The molecule has 1 unspecified atom stereocenters. The SMILES string of the molecule is O=[N+]([O-])OC1CCSSC1. The molecule has 0 saturated carbocycles. The third-order valence-electron chi connectivity index (χ3n) is 1.10. The van der Waals surface area contributed by atoms with E-state index in [-0.39, 0.29) is 6.10 Å². The maximum Gasteiger partial charge on any atom is 0.294 e. The Morgan fingerprint density at radius 3 is 2.90 bits per heavy atom. The lowest BCUT2D eigenvalue weighted by Crippen LogP contribution is -2.22. The van der Waals surface area contributed by atoms with Crippen LogP contribution in [0.25, 0.3) is 0 Å². The van der Waals surface area contributed by atoms with E-state index in [0.29, 0.717) is 0 Å². The lowest BCUT2D eigenvalue weighted by molar-refractivity contribution is -0.767. The Balaban J connectivity index is 2.19. The largest absolute Gasteiger partial charge is 0.310 e. The molecule has 10 heavy (non-hydrogen) atoms. The molecule has 0 aliphatic carbocycles. The molecular formula is C4H7NO3S2. The Labute approximate surface area is 66.2 Å². The molecule has 58 valence electrons. The van der Waals surface area contributed by atoms with Crippen LogP contribution in [0.2, 0.25) is 0 Å². The van der Waals surface area contributed by atoms with Gasteiger partial charge in [0.05, 0.1) is 0 Å². The Bertz CT molecular complexity index is 126. The molecule has 0 aromatic heterocycles. The van der Waals surface area contributed by atoms with Crippen LogP contribution in [0.1, 0.15) is 6.42 Å². The van der Waals surface area contributed by atoms with Crippen LogP contribution < -0.4 is 0 Å². The van der Waals surface area contributed by atoms with Gasteiger partial charge in [0, 0.05) is 11.5 Å². The van der Waals surface area contributed by atoms with Crippen molar-refractivity contribution in [3.63, 3.8) is 0 Å². The van der Waals surface area contributed by atoms with Crippen molar-refractivity contribution in [2.45, 2.75) is 12.5 Å². The van der Waals surface area contributed by atoms with E-state index in [1.807, 2.05) is 0 Å². The molecule has 0 N–H and O–H groups in total. The third kappa shape index (κ3) is 2.66. The molecule has 0 aromatic rings. The van der Waals surface area contributed by atoms with Crippen molar-refractivity contribution in [2.75, 3.05) is 11.5 Å². The van der Waals surface area contributed by atoms with Crippen molar-refractivity contribution in [3.8, 4) is 0 Å². The fraction of sp³-hybridized carbons (Fsp3) is 1.00. The van der Waals surface area contributed by atoms with E-state index in [0.717, 1.165) is 17.9 Å². The van der Waals surface area contributed by atoms with Gasteiger partial charge in [-0.2, -0.15) is 0 Å². The quantitative estimate of drug-likeness (QED) is 0.365. The van der Waals surface area contributed by atoms with Gasteiger partial charge in [-0.3, -0.25) is 0 Å². The number of hydrogen-bond acceptors (Lipinski definition) is 5. The summed E-state index contributed by atoms with van der Waals surface area (Å²) in [7, 11) is 3.37. The van der Waals surface area contributed by atoms with E-state index in [2.05, 4.69) is 4.84 Å². The molecule has 1 saturated heterocycles. The highest BCUT2D eigenvalue weighted by atomic mass is 33.1. The van der Waals surface area contributed by atoms with Crippen LogP contribution in [0.4, 0.5) is 0 Å². The van der Waals surface area contributed by atoms with E-state index in [9.17, 15) is 10.1 Å². The number of hydrogen-bond donors (Lipinski definition) is 0. The van der Waals surface area contributed by atoms with Crippen molar-refractivity contribution in [2.24, 2.45) is 0 Å². The van der Waals surface area contributed by atoms with Crippen LogP contribution in [0, 0.1) is 10.1 Å². The van der Waals surface area contributed by atoms with Gasteiger partial charge >= 0.3 is 0 Å². The molecule has 0 radical (unpaired) electrons. The first-order chi connectivity index (χ1) is 4.79. The third-order valence-corrected chi connectivity index (χ3v) is 3.58. The highest BCUT2D eigenvalue weighted by molar-refractivity contribution is 8.76. The maximum atomic E-state index is 9.83. The van der Waals surface area contributed by atoms with Crippen molar-refractivity contribution >= 4 is 21.6 Å². The first-order valence-corrected chi connectivity index (χ1v) is 5.33. The predicted octanol–water partition coefficient (Wildman–Crippen LogP) is 1.35. The summed E-state index contributed by atoms with van der Waals surface area (Å²) in [5, 5.41) is 9.13. The molecule has 0 spiro atoms. The van der Waals surface area contributed by atoms with Crippen molar-refractivity contribution < 1.29 is 9.92 Å². The van der Waals surface area contributed by atoms with Crippen LogP contribution >= 0.6 is 21.6 Å². The summed E-state index contributed by atoms with van der Waals surface area (Å²) in [6.07, 6.45) is 0.611. The van der Waals surface area contributed by atoms with Crippen LogP contribution in [-0.4, -0.2) is 22.7 Å². The van der Waals surface area contributed by atoms with Crippen LogP contribution in [-0.2, 0) is 4.84 Å². The summed E-state index contributed by atoms with van der Waals surface area (Å²) in [6, 6.07) is 0. The summed E-state index contributed by atoms with van der Waals surface area (Å²) in [6.45, 7) is 0. The van der Waals surface area contributed by atoms with Gasteiger partial charge < -0.3 is 4.84 Å². The predicted molar refractivity (Wildman–Crippen MR) is 41.4 cm³/mol. The second-order valence-corrected chi connectivity index (χ2v) is 4.47. The van der Waals surface area contributed by atoms with Gasteiger partial charge in [-0.15, -0.1) is 10.1 Å². The molecule has 1 aliphatic heterocycles. The van der Waals surface area contributed by atoms with E-state index in [1.165, 1.54) is 0 Å². The minimum atomic E-state index is -0.707. The number of rotatable bonds is 2. The van der Waals surface area contributed by atoms with E-state index < -0.39 is 5.09 Å². The van der Waals surface area contributed by atoms with Gasteiger partial charge in [0.2, 0.25) is 0 Å². The minimum Gasteiger partial charge on any atom is -0.310 e. The lowest BCUT2D eigenvalue weighted by Gasteiger charge is -2.17. The topological polar surface area (TPSA) is 52.4 Å². The monoisotopic (exact) mass is 181 g/mol. The summed E-state index contributed by atoms with van der Waals surface area (Å²) >= 11 is 0. The van der Waals surface area contributed by atoms with Gasteiger partial charge in [-0.25, -0.2) is 0 Å². The van der Waals surface area contributed by atoms with Crippen molar-refractivity contribution in [3.05, 3.63) is 10.1 Å². The van der Waals surface area contributed by atoms with E-state index in [1.54, 1.807) is 21.6 Å². The highest BCUT2D eigenvalue weighted by Crippen LogP contribution is 2.30. The molecule has 1 atom stereocenters. The van der Waals surface area contributed by atoms with Crippen LogP contribution in [0.15, 0.2) is 0 Å². The normalized spacial score (nSPS) is 25.8. The highest BCUT2D eigenvalue weighted by Gasteiger charge is 2.17. The second kappa shape index (κ2) is 3.92. The molecule has 0 amide bonds. The van der Waals surface area contributed by atoms with Gasteiger partial charge in [-0.05, 0) is 6.42 Å². The number of nitrogens with zero attached hydrogens (tertiary/aromatic N) is 1. The zero-order valence-corrected chi connectivity index (χ0v) is 6.82. The van der Waals surface area contributed by atoms with E-state index >= 15 is 0 Å². The maximum absolute atomic E-state index is 9.83. The molecule has 1 heterocycles. The van der Waals surface area contributed by atoms with Gasteiger partial charge in [-0.1, -0.05) is 21.6 Å². The zero-order valence-electron chi connectivity index (χ0n) is 5.19. The van der Waals surface area contributed by atoms with Gasteiger partial charge in [0.1, 0.15) is 6.10 Å². The average Bonchev–Trinajstić information content (AvgIpc) is 1.88. The van der Waals surface area contributed by atoms with Crippen molar-refractivity contribution in [1.29, 1.82) is 0 Å². The molecule has 1 fully saturated rings. The summed E-state index contributed by atoms with van der Waals surface area (Å²) < 4.78 is 0. The molecule has 1 rings (SSSR count). The molecule has 0 aromatic carbocycles. The fourth-order valence-corrected chi connectivity index (χ4v) is 2.99. The lowest BCUT2D eigenvalue weighted by atomic mass is 10.3. The molecule has 4 nitrogen and oxygen atoms in total. The summed E-state index contributed by atoms with van der Waals surface area (Å²) in [5.41, 5.74) is 0. The molecule has 6 heteroatoms. The van der Waals surface area contributed by atoms with Crippen LogP contribution in [0.5, 0.6) is 0 Å². The van der Waals surface area contributed by atoms with Gasteiger partial charge in [0.15, 0.2) is 0 Å². The minimum absolute atomic E-state index is 0.179. The average molecular weight is 181 g/mol. The summed E-state index contributed by atoms with van der Waals surface area (Å²) in [4.78, 5) is 14.2. The first kappa shape index (κ1) is 8.00. The van der Waals surface area contributed by atoms with Crippen molar-refractivity contribution in [1.82, 2.24) is 0 Å². The molecule has 1 aliphatic rings. The van der Waals surface area contributed by atoms with E-state index in [4.69, 9.17) is 0 Å². The zero-order chi connectivity index (χ0) is 7.40. The Hall–Kier alpha value is -0.100. The Morgan fingerprint density at radius 1 is 1.60 bits per heavy atom. The Kier molecular flexibility index (Phi) is 3.14.